The first-order valence-electron chi connectivity index (χ1n) is 4.37. The minimum Gasteiger partial charge on any atom is -0.300 e. The van der Waals surface area contributed by atoms with Gasteiger partial charge in [0.05, 0.1) is 6.42 Å². The highest BCUT2D eigenvalue weighted by Gasteiger charge is 2.09. The first-order chi connectivity index (χ1) is 7.11. The topological polar surface area (TPSA) is 72.0 Å². The maximum Gasteiger partial charge on any atom is 0.233 e. The molecule has 1 aromatic heterocycles. The zero-order valence-corrected chi connectivity index (χ0v) is 10.1. The van der Waals surface area contributed by atoms with Crippen molar-refractivity contribution < 1.29 is 9.59 Å². The Hall–Kier alpha value is -0.950. The van der Waals surface area contributed by atoms with Gasteiger partial charge in [-0.1, -0.05) is 30.0 Å². The number of hydrogen-bond donors (Lipinski definition) is 1. The van der Waals surface area contributed by atoms with E-state index in [2.05, 4.69) is 15.5 Å². The molecule has 0 radical (unpaired) electrons. The van der Waals surface area contributed by atoms with Crippen LogP contribution in [0.3, 0.4) is 0 Å². The Morgan fingerprint density at radius 2 is 2.20 bits per heavy atom. The van der Waals surface area contributed by atoms with Gasteiger partial charge in [-0.3, -0.25) is 9.59 Å². The number of aromatic nitrogens is 2. The number of rotatable bonds is 5. The highest BCUT2D eigenvalue weighted by Crippen LogP contribution is 2.24. The van der Waals surface area contributed by atoms with Gasteiger partial charge >= 0.3 is 0 Å². The molecular formula is C8H11N3O2S2. The molecule has 0 atom stereocenters. The highest BCUT2D eigenvalue weighted by molar-refractivity contribution is 8.01. The number of thioether (sulfide) groups is 1. The van der Waals surface area contributed by atoms with Crippen LogP contribution in [0, 0.1) is 0 Å². The first-order valence-corrected chi connectivity index (χ1v) is 6.17. The molecular weight excluding hydrogens is 234 g/mol. The Kier molecular flexibility index (Phi) is 4.70. The van der Waals surface area contributed by atoms with E-state index in [1.807, 2.05) is 6.92 Å². The van der Waals surface area contributed by atoms with Crippen molar-refractivity contribution in [3.63, 3.8) is 0 Å². The van der Waals surface area contributed by atoms with Gasteiger partial charge in [0.15, 0.2) is 4.34 Å². The second-order valence-electron chi connectivity index (χ2n) is 2.73. The fourth-order valence-electron chi connectivity index (χ4n) is 0.832. The van der Waals surface area contributed by atoms with Crippen molar-refractivity contribution >= 4 is 39.9 Å². The number of hydrogen-bond acceptors (Lipinski definition) is 6. The summed E-state index contributed by atoms with van der Waals surface area (Å²) >= 11 is 2.87. The lowest BCUT2D eigenvalue weighted by molar-refractivity contribution is -0.124. The van der Waals surface area contributed by atoms with Crippen LogP contribution in [0.2, 0.25) is 0 Å². The molecule has 0 aliphatic rings. The maximum absolute atomic E-state index is 11.2. The van der Waals surface area contributed by atoms with E-state index in [0.717, 1.165) is 10.1 Å². The van der Waals surface area contributed by atoms with Crippen LogP contribution < -0.4 is 5.32 Å². The normalized spacial score (nSPS) is 10.0. The molecule has 15 heavy (non-hydrogen) atoms. The van der Waals surface area contributed by atoms with Crippen molar-refractivity contribution in [2.45, 2.75) is 24.6 Å². The average molecular weight is 245 g/mol. The summed E-state index contributed by atoms with van der Waals surface area (Å²) in [6, 6.07) is 0. The molecule has 5 nitrogen and oxygen atoms in total. The van der Waals surface area contributed by atoms with Crippen LogP contribution in [0.1, 0.15) is 20.3 Å². The highest BCUT2D eigenvalue weighted by atomic mass is 32.2. The second kappa shape index (κ2) is 5.82. The first kappa shape index (κ1) is 12.1. The molecule has 0 fully saturated rings. The molecule has 0 aliphatic heterocycles. The molecule has 1 heterocycles. The fraction of sp³-hybridized carbons (Fsp3) is 0.500. The Labute approximate surface area is 95.7 Å². The number of anilines is 1. The molecule has 1 amide bonds. The third kappa shape index (κ3) is 4.39. The summed E-state index contributed by atoms with van der Waals surface area (Å²) in [4.78, 5) is 21.8. The largest absolute Gasteiger partial charge is 0.300 e. The summed E-state index contributed by atoms with van der Waals surface area (Å²) in [5.74, 6) is 0.405. The fourth-order valence-corrected chi connectivity index (χ4v) is 2.50. The lowest BCUT2D eigenvalue weighted by atomic mass is 10.3. The summed E-state index contributed by atoms with van der Waals surface area (Å²) in [6.07, 6.45) is -0.115. The van der Waals surface area contributed by atoms with E-state index < -0.39 is 0 Å². The van der Waals surface area contributed by atoms with E-state index in [1.165, 1.54) is 18.3 Å². The average Bonchev–Trinajstić information content (AvgIpc) is 2.51. The number of carbonyl (C=O) groups is 2. The molecule has 7 heteroatoms. The molecule has 0 saturated heterocycles. The predicted octanol–water partition coefficient (Wildman–Crippen LogP) is 1.57. The molecule has 0 saturated carbocycles. The minimum absolute atomic E-state index is 0.115. The van der Waals surface area contributed by atoms with Crippen LogP contribution in [0.25, 0.3) is 0 Å². The summed E-state index contributed by atoms with van der Waals surface area (Å²) in [6.45, 7) is 3.39. The SMILES string of the molecule is CCSc1nnc(NC(=O)CC(C)=O)s1. The van der Waals surface area contributed by atoms with E-state index in [0.29, 0.717) is 5.13 Å². The van der Waals surface area contributed by atoms with E-state index in [4.69, 9.17) is 0 Å². The van der Waals surface area contributed by atoms with Crippen LogP contribution in [0.15, 0.2) is 4.34 Å². The Bertz CT molecular complexity index is 365. The molecule has 0 bridgehead atoms. The summed E-state index contributed by atoms with van der Waals surface area (Å²) in [5.41, 5.74) is 0. The summed E-state index contributed by atoms with van der Waals surface area (Å²) in [5, 5.41) is 10.6. The number of carbonyl (C=O) groups excluding carboxylic acids is 2. The third-order valence-corrected chi connectivity index (χ3v) is 3.18. The minimum atomic E-state index is -0.341. The van der Waals surface area contributed by atoms with E-state index in [9.17, 15) is 9.59 Å². The Morgan fingerprint density at radius 3 is 2.80 bits per heavy atom. The number of Topliss-reactive ketones (excluding diaryl/α,β-unsaturated/α-hetero) is 1. The van der Waals surface area contributed by atoms with Crippen molar-refractivity contribution in [1.82, 2.24) is 10.2 Å². The van der Waals surface area contributed by atoms with Crippen molar-refractivity contribution in [2.75, 3.05) is 11.1 Å². The maximum atomic E-state index is 11.2. The van der Waals surface area contributed by atoms with Gasteiger partial charge in [0, 0.05) is 0 Å². The molecule has 0 unspecified atom stereocenters. The number of ketones is 1. The monoisotopic (exact) mass is 245 g/mol. The second-order valence-corrected chi connectivity index (χ2v) is 5.22. The van der Waals surface area contributed by atoms with Gasteiger partial charge in [-0.15, -0.1) is 10.2 Å². The van der Waals surface area contributed by atoms with E-state index >= 15 is 0 Å². The van der Waals surface area contributed by atoms with Crippen molar-refractivity contribution in [2.24, 2.45) is 0 Å². The molecule has 1 N–H and O–H groups in total. The van der Waals surface area contributed by atoms with Crippen LogP contribution in [-0.2, 0) is 9.59 Å². The number of nitrogens with zero attached hydrogens (tertiary/aromatic N) is 2. The van der Waals surface area contributed by atoms with Crippen LogP contribution >= 0.6 is 23.1 Å². The van der Waals surface area contributed by atoms with Crippen molar-refractivity contribution in [3.05, 3.63) is 0 Å². The van der Waals surface area contributed by atoms with Crippen molar-refractivity contribution in [3.8, 4) is 0 Å². The Balaban J connectivity index is 2.49. The van der Waals surface area contributed by atoms with Crippen molar-refractivity contribution in [1.29, 1.82) is 0 Å². The zero-order chi connectivity index (χ0) is 11.3. The lowest BCUT2D eigenvalue weighted by Gasteiger charge is -1.96. The smallest absolute Gasteiger partial charge is 0.233 e. The predicted molar refractivity (Wildman–Crippen MR) is 60.2 cm³/mol. The zero-order valence-electron chi connectivity index (χ0n) is 8.44. The molecule has 82 valence electrons. The molecule has 1 rings (SSSR count). The summed E-state index contributed by atoms with van der Waals surface area (Å²) in [7, 11) is 0. The van der Waals surface area contributed by atoms with Gasteiger partial charge in [0.25, 0.3) is 0 Å². The molecule has 0 spiro atoms. The number of amides is 1. The van der Waals surface area contributed by atoms with E-state index in [1.54, 1.807) is 11.8 Å². The van der Waals surface area contributed by atoms with Gasteiger partial charge in [-0.05, 0) is 12.7 Å². The van der Waals surface area contributed by atoms with Crippen LogP contribution in [0.4, 0.5) is 5.13 Å². The quantitative estimate of drug-likeness (QED) is 0.484. The lowest BCUT2D eigenvalue weighted by Crippen LogP contribution is -2.14. The standard InChI is InChI=1S/C8H11N3O2S2/c1-3-14-8-11-10-7(15-8)9-6(13)4-5(2)12/h3-4H2,1-2H3,(H,9,10,13). The van der Waals surface area contributed by atoms with E-state index in [-0.39, 0.29) is 18.1 Å². The van der Waals surface area contributed by atoms with Gasteiger partial charge in [-0.2, -0.15) is 0 Å². The van der Waals surface area contributed by atoms with Gasteiger partial charge < -0.3 is 5.32 Å². The Morgan fingerprint density at radius 1 is 1.47 bits per heavy atom. The van der Waals surface area contributed by atoms with Gasteiger partial charge in [0.1, 0.15) is 5.78 Å². The molecule has 0 aromatic carbocycles. The molecule has 0 aliphatic carbocycles. The van der Waals surface area contributed by atoms with Crippen LogP contribution in [0.5, 0.6) is 0 Å². The third-order valence-electron chi connectivity index (χ3n) is 1.33. The van der Waals surface area contributed by atoms with Gasteiger partial charge in [-0.25, -0.2) is 0 Å². The number of nitrogens with one attached hydrogen (secondary N) is 1. The van der Waals surface area contributed by atoms with Gasteiger partial charge in [0.2, 0.25) is 11.0 Å². The molecule has 1 aromatic rings. The van der Waals surface area contributed by atoms with Crippen LogP contribution in [-0.4, -0.2) is 27.6 Å². The summed E-state index contributed by atoms with van der Waals surface area (Å²) < 4.78 is 0.815.